The molecule has 0 radical (unpaired) electrons. The van der Waals surface area contributed by atoms with Crippen molar-refractivity contribution in [3.05, 3.63) is 65.9 Å². The van der Waals surface area contributed by atoms with E-state index in [1.807, 2.05) is 41.9 Å². The van der Waals surface area contributed by atoms with Gasteiger partial charge >= 0.3 is 0 Å². The number of nitrogens with zero attached hydrogens (tertiary/aromatic N) is 3. The van der Waals surface area contributed by atoms with Crippen LogP contribution in [0, 0.1) is 13.8 Å². The van der Waals surface area contributed by atoms with Gasteiger partial charge in [0.05, 0.1) is 18.1 Å². The average Bonchev–Trinajstić information content (AvgIpc) is 3.31. The second-order valence-electron chi connectivity index (χ2n) is 7.01. The predicted octanol–water partition coefficient (Wildman–Crippen LogP) is 3.59. The zero-order valence-corrected chi connectivity index (χ0v) is 17.5. The van der Waals surface area contributed by atoms with Gasteiger partial charge in [-0.2, -0.15) is 0 Å². The molecule has 1 N–H and O–H groups in total. The van der Waals surface area contributed by atoms with Crippen LogP contribution in [-0.2, 0) is 4.79 Å². The minimum atomic E-state index is -0.0293. The number of aromatic nitrogens is 2. The first-order valence-electron chi connectivity index (χ1n) is 9.15. The first kappa shape index (κ1) is 20.2. The number of hydrogen-bond donors (Lipinski definition) is 1. The number of likely N-dealkylation sites (N-methyl/N-ethyl adjacent to an activating group) is 1. The molecule has 0 saturated heterocycles. The van der Waals surface area contributed by atoms with Crippen LogP contribution in [0.4, 0.5) is 0 Å². The van der Waals surface area contributed by atoms with Crippen LogP contribution in [0.2, 0.25) is 0 Å². The summed E-state index contributed by atoms with van der Waals surface area (Å²) < 4.78 is 7.50. The number of hydrogen-bond acceptors (Lipinski definition) is 5. The number of amides is 1. The van der Waals surface area contributed by atoms with E-state index in [4.69, 9.17) is 4.42 Å². The van der Waals surface area contributed by atoms with E-state index in [0.29, 0.717) is 12.3 Å². The van der Waals surface area contributed by atoms with Crippen LogP contribution in [0.25, 0.3) is 5.69 Å². The molecule has 28 heavy (non-hydrogen) atoms. The lowest BCUT2D eigenvalue weighted by Crippen LogP contribution is -2.35. The van der Waals surface area contributed by atoms with Crippen LogP contribution in [0.3, 0.4) is 0 Å². The number of carbonyl (C=O) groups excluding carboxylic acids is 1. The van der Waals surface area contributed by atoms with Crippen molar-refractivity contribution in [1.82, 2.24) is 19.8 Å². The van der Waals surface area contributed by atoms with E-state index in [2.05, 4.69) is 42.3 Å². The third kappa shape index (κ3) is 5.05. The molecule has 7 heteroatoms. The Labute approximate surface area is 169 Å². The van der Waals surface area contributed by atoms with Crippen molar-refractivity contribution < 1.29 is 9.21 Å². The molecule has 0 aliphatic heterocycles. The van der Waals surface area contributed by atoms with Crippen molar-refractivity contribution in [3.8, 4) is 5.69 Å². The van der Waals surface area contributed by atoms with E-state index in [9.17, 15) is 4.79 Å². The van der Waals surface area contributed by atoms with E-state index < -0.39 is 0 Å². The van der Waals surface area contributed by atoms with Crippen molar-refractivity contribution in [1.29, 1.82) is 0 Å². The van der Waals surface area contributed by atoms with Gasteiger partial charge < -0.3 is 9.73 Å². The minimum absolute atomic E-state index is 0.00112. The SMILES string of the molecule is Cc1cc(C)cc(-n2ccnc2SCC(=O)NCC(c2ccco2)N(C)C)c1. The fraction of sp³-hybridized carbons (Fsp3) is 0.333. The van der Waals surface area contributed by atoms with Crippen molar-refractivity contribution in [2.75, 3.05) is 26.4 Å². The highest BCUT2D eigenvalue weighted by Gasteiger charge is 2.18. The highest BCUT2D eigenvalue weighted by atomic mass is 32.2. The monoisotopic (exact) mass is 398 g/mol. The first-order valence-corrected chi connectivity index (χ1v) is 10.1. The van der Waals surface area contributed by atoms with Crippen LogP contribution < -0.4 is 5.32 Å². The van der Waals surface area contributed by atoms with Gasteiger partial charge in [-0.25, -0.2) is 4.98 Å². The molecule has 2 heterocycles. The normalized spacial score (nSPS) is 12.3. The first-order chi connectivity index (χ1) is 13.4. The van der Waals surface area contributed by atoms with Gasteiger partial charge in [0.1, 0.15) is 5.76 Å². The van der Waals surface area contributed by atoms with Crippen LogP contribution in [0.5, 0.6) is 0 Å². The molecule has 0 spiro atoms. The Morgan fingerprint density at radius 1 is 1.29 bits per heavy atom. The van der Waals surface area contributed by atoms with Crippen molar-refractivity contribution in [2.45, 2.75) is 25.0 Å². The lowest BCUT2D eigenvalue weighted by atomic mass is 10.1. The van der Waals surface area contributed by atoms with Gasteiger partial charge in [-0.15, -0.1) is 0 Å². The summed E-state index contributed by atoms with van der Waals surface area (Å²) in [4.78, 5) is 18.8. The Balaban J connectivity index is 1.59. The molecule has 148 valence electrons. The number of nitrogens with one attached hydrogen (secondary N) is 1. The van der Waals surface area contributed by atoms with Gasteiger partial charge in [-0.3, -0.25) is 14.3 Å². The van der Waals surface area contributed by atoms with Crippen molar-refractivity contribution in [3.63, 3.8) is 0 Å². The molecule has 1 amide bonds. The van der Waals surface area contributed by atoms with Crippen LogP contribution in [-0.4, -0.2) is 46.8 Å². The summed E-state index contributed by atoms with van der Waals surface area (Å²) in [5.74, 6) is 1.11. The fourth-order valence-corrected chi connectivity index (χ4v) is 3.90. The Hall–Kier alpha value is -2.51. The van der Waals surface area contributed by atoms with Crippen molar-refractivity contribution in [2.24, 2.45) is 0 Å². The molecule has 3 aromatic rings. The Bertz CT molecular complexity index is 898. The third-order valence-electron chi connectivity index (χ3n) is 4.41. The highest BCUT2D eigenvalue weighted by Crippen LogP contribution is 2.22. The minimum Gasteiger partial charge on any atom is -0.468 e. The van der Waals surface area contributed by atoms with Crippen molar-refractivity contribution >= 4 is 17.7 Å². The second kappa shape index (κ2) is 9.12. The molecule has 0 fully saturated rings. The smallest absolute Gasteiger partial charge is 0.230 e. The van der Waals surface area contributed by atoms with Gasteiger partial charge in [-0.05, 0) is 63.3 Å². The largest absolute Gasteiger partial charge is 0.468 e. The highest BCUT2D eigenvalue weighted by molar-refractivity contribution is 7.99. The van der Waals surface area contributed by atoms with Gasteiger partial charge in [0.25, 0.3) is 0 Å². The number of furan rings is 1. The predicted molar refractivity (Wildman–Crippen MR) is 112 cm³/mol. The molecule has 0 aliphatic rings. The summed E-state index contributed by atoms with van der Waals surface area (Å²) in [5.41, 5.74) is 3.46. The van der Waals surface area contributed by atoms with E-state index in [-0.39, 0.29) is 11.9 Å². The zero-order valence-electron chi connectivity index (χ0n) is 16.7. The molecule has 0 bridgehead atoms. The summed E-state index contributed by atoms with van der Waals surface area (Å²) >= 11 is 1.43. The quantitative estimate of drug-likeness (QED) is 0.588. The molecule has 1 atom stereocenters. The maximum atomic E-state index is 12.4. The number of carbonyl (C=O) groups is 1. The molecule has 2 aromatic heterocycles. The molecular formula is C21H26N4O2S. The number of imidazole rings is 1. The van der Waals surface area contributed by atoms with Gasteiger partial charge in [0.2, 0.25) is 5.91 Å². The Morgan fingerprint density at radius 2 is 2.04 bits per heavy atom. The lowest BCUT2D eigenvalue weighted by molar-refractivity contribution is -0.118. The van der Waals surface area contributed by atoms with Crippen LogP contribution in [0.1, 0.15) is 22.9 Å². The maximum Gasteiger partial charge on any atom is 0.230 e. The second-order valence-corrected chi connectivity index (χ2v) is 7.96. The summed E-state index contributed by atoms with van der Waals surface area (Å²) in [6, 6.07) is 10.2. The van der Waals surface area contributed by atoms with Crippen LogP contribution in [0.15, 0.2) is 58.6 Å². The Kier molecular flexibility index (Phi) is 6.59. The standard InChI is InChI=1S/C21H26N4O2S/c1-15-10-16(2)12-17(11-15)25-8-7-22-21(25)28-14-20(26)23-13-18(24(3)4)19-6-5-9-27-19/h5-12,18H,13-14H2,1-4H3,(H,23,26). The van der Waals surface area contributed by atoms with Gasteiger partial charge in [0, 0.05) is 24.6 Å². The van der Waals surface area contributed by atoms with Gasteiger partial charge in [-0.1, -0.05) is 17.8 Å². The maximum absolute atomic E-state index is 12.4. The number of aryl methyl sites for hydroxylation is 2. The Morgan fingerprint density at radius 3 is 2.68 bits per heavy atom. The van der Waals surface area contributed by atoms with Gasteiger partial charge in [0.15, 0.2) is 5.16 Å². The molecule has 0 aliphatic carbocycles. The van der Waals surface area contributed by atoms with E-state index >= 15 is 0 Å². The van der Waals surface area contributed by atoms with Crippen LogP contribution >= 0.6 is 11.8 Å². The summed E-state index contributed by atoms with van der Waals surface area (Å²) in [6.07, 6.45) is 5.33. The number of thioether (sulfide) groups is 1. The number of rotatable bonds is 8. The topological polar surface area (TPSA) is 63.3 Å². The molecule has 1 unspecified atom stereocenters. The molecule has 6 nitrogen and oxygen atoms in total. The van der Waals surface area contributed by atoms with E-state index in [1.54, 1.807) is 12.5 Å². The average molecular weight is 399 g/mol. The number of benzene rings is 1. The third-order valence-corrected chi connectivity index (χ3v) is 5.38. The molecule has 3 rings (SSSR count). The van der Waals surface area contributed by atoms with E-state index in [0.717, 1.165) is 16.6 Å². The summed E-state index contributed by atoms with van der Waals surface area (Å²) in [7, 11) is 3.93. The van der Waals surface area contributed by atoms with E-state index in [1.165, 1.54) is 22.9 Å². The summed E-state index contributed by atoms with van der Waals surface area (Å²) in [5, 5.41) is 3.80. The molecule has 1 aromatic carbocycles. The molecule has 0 saturated carbocycles. The lowest BCUT2D eigenvalue weighted by Gasteiger charge is -2.22. The zero-order chi connectivity index (χ0) is 20.1. The summed E-state index contributed by atoms with van der Waals surface area (Å²) in [6.45, 7) is 4.65. The molecular weight excluding hydrogens is 372 g/mol. The fourth-order valence-electron chi connectivity index (χ4n) is 3.09.